The molecule has 3 heterocycles. The zero-order valence-corrected chi connectivity index (χ0v) is 24.3. The van der Waals surface area contributed by atoms with Crippen molar-refractivity contribution in [3.05, 3.63) is 140 Å². The van der Waals surface area contributed by atoms with E-state index in [4.69, 9.17) is 8.83 Å². The van der Waals surface area contributed by atoms with Gasteiger partial charge in [-0.2, -0.15) is 0 Å². The van der Waals surface area contributed by atoms with E-state index < -0.39 is 0 Å². The molecule has 0 unspecified atom stereocenters. The number of rotatable bonds is 3. The van der Waals surface area contributed by atoms with Crippen LogP contribution in [-0.4, -0.2) is 0 Å². The van der Waals surface area contributed by atoms with Gasteiger partial charge in [-0.15, -0.1) is 11.3 Å². The molecule has 44 heavy (non-hydrogen) atoms. The second-order valence-electron chi connectivity index (χ2n) is 11.3. The van der Waals surface area contributed by atoms with Gasteiger partial charge in [0.15, 0.2) is 0 Å². The first-order valence-corrected chi connectivity index (χ1v) is 15.6. The van der Waals surface area contributed by atoms with Gasteiger partial charge < -0.3 is 13.7 Å². The first-order chi connectivity index (χ1) is 21.8. The fourth-order valence-corrected chi connectivity index (χ4v) is 7.98. The Bertz CT molecular complexity index is 2750. The predicted molar refractivity (Wildman–Crippen MR) is 186 cm³/mol. The molecule has 0 aliphatic carbocycles. The third-order valence-corrected chi connectivity index (χ3v) is 9.99. The van der Waals surface area contributed by atoms with Crippen molar-refractivity contribution < 1.29 is 8.83 Å². The SMILES string of the molecule is c1ccc2c(c1)oc1cc(N(c3ccc4sc5ccccc5c4c3)c3cc4oc5ccccc5c4c4ccccc34)ccc12. The van der Waals surface area contributed by atoms with Crippen LogP contribution < -0.4 is 4.90 Å². The van der Waals surface area contributed by atoms with E-state index in [9.17, 15) is 0 Å². The van der Waals surface area contributed by atoms with Crippen LogP contribution in [0.15, 0.2) is 148 Å². The van der Waals surface area contributed by atoms with Crippen LogP contribution in [0.3, 0.4) is 0 Å². The van der Waals surface area contributed by atoms with Crippen LogP contribution in [0.2, 0.25) is 0 Å². The summed E-state index contributed by atoms with van der Waals surface area (Å²) in [7, 11) is 0. The number of para-hydroxylation sites is 2. The van der Waals surface area contributed by atoms with Crippen LogP contribution in [0.25, 0.3) is 74.8 Å². The lowest BCUT2D eigenvalue weighted by molar-refractivity contribution is 0.669. The number of hydrogen-bond donors (Lipinski definition) is 0. The zero-order chi connectivity index (χ0) is 28.8. The van der Waals surface area contributed by atoms with Crippen LogP contribution in [0.1, 0.15) is 0 Å². The smallest absolute Gasteiger partial charge is 0.138 e. The molecule has 0 N–H and O–H groups in total. The van der Waals surface area contributed by atoms with Crippen LogP contribution in [-0.2, 0) is 0 Å². The first-order valence-electron chi connectivity index (χ1n) is 14.8. The molecule has 7 aromatic carbocycles. The van der Waals surface area contributed by atoms with E-state index >= 15 is 0 Å². The molecular formula is C40H23NO2S. The number of furan rings is 2. The predicted octanol–water partition coefficient (Wildman–Crippen LogP) is 12.5. The maximum atomic E-state index is 6.51. The summed E-state index contributed by atoms with van der Waals surface area (Å²) in [6.45, 7) is 0. The lowest BCUT2D eigenvalue weighted by Gasteiger charge is -2.27. The van der Waals surface area contributed by atoms with Crippen molar-refractivity contribution in [2.75, 3.05) is 4.90 Å². The summed E-state index contributed by atoms with van der Waals surface area (Å²) in [4.78, 5) is 2.35. The quantitative estimate of drug-likeness (QED) is 0.208. The number of benzene rings is 7. The summed E-state index contributed by atoms with van der Waals surface area (Å²) in [6.07, 6.45) is 0. The number of anilines is 3. The van der Waals surface area contributed by atoms with Gasteiger partial charge in [-0.3, -0.25) is 0 Å². The molecule has 10 rings (SSSR count). The number of thiophene rings is 1. The van der Waals surface area contributed by atoms with E-state index in [2.05, 4.69) is 120 Å². The molecule has 0 saturated heterocycles. The molecule has 0 amide bonds. The first kappa shape index (κ1) is 23.9. The molecule has 0 saturated carbocycles. The average Bonchev–Trinajstić information content (AvgIpc) is 3.75. The minimum atomic E-state index is 0.866. The van der Waals surface area contributed by atoms with Crippen LogP contribution in [0.4, 0.5) is 17.1 Å². The minimum absolute atomic E-state index is 0.866. The maximum absolute atomic E-state index is 6.51. The van der Waals surface area contributed by atoms with Gasteiger partial charge >= 0.3 is 0 Å². The average molecular weight is 582 g/mol. The van der Waals surface area contributed by atoms with E-state index in [1.807, 2.05) is 35.6 Å². The third-order valence-electron chi connectivity index (χ3n) is 8.84. The van der Waals surface area contributed by atoms with Gasteiger partial charge in [0.1, 0.15) is 22.3 Å². The molecule has 0 aliphatic rings. The molecule has 206 valence electrons. The van der Waals surface area contributed by atoms with Gasteiger partial charge in [-0.05, 0) is 53.9 Å². The Hall–Kier alpha value is -5.58. The Kier molecular flexibility index (Phi) is 4.87. The molecule has 4 heteroatoms. The van der Waals surface area contributed by atoms with Gasteiger partial charge in [0.2, 0.25) is 0 Å². The second kappa shape index (κ2) is 8.96. The molecule has 0 spiro atoms. The van der Waals surface area contributed by atoms with Crippen LogP contribution in [0.5, 0.6) is 0 Å². The number of fused-ring (bicyclic) bond motifs is 11. The van der Waals surface area contributed by atoms with Gasteiger partial charge in [0, 0.05) is 70.6 Å². The largest absolute Gasteiger partial charge is 0.456 e. The van der Waals surface area contributed by atoms with Crippen molar-refractivity contribution in [2.24, 2.45) is 0 Å². The summed E-state index contributed by atoms with van der Waals surface area (Å²) in [5.74, 6) is 0. The molecule has 0 fully saturated rings. The lowest BCUT2D eigenvalue weighted by atomic mass is 10.0. The van der Waals surface area contributed by atoms with Crippen molar-refractivity contribution in [1.29, 1.82) is 0 Å². The minimum Gasteiger partial charge on any atom is -0.456 e. The lowest BCUT2D eigenvalue weighted by Crippen LogP contribution is -2.10. The Labute approximate surface area is 255 Å². The fraction of sp³-hybridized carbons (Fsp3) is 0. The maximum Gasteiger partial charge on any atom is 0.138 e. The second-order valence-corrected chi connectivity index (χ2v) is 12.4. The van der Waals surface area contributed by atoms with E-state index in [1.165, 1.54) is 25.6 Å². The highest BCUT2D eigenvalue weighted by molar-refractivity contribution is 7.25. The molecular weight excluding hydrogens is 559 g/mol. The molecule has 3 nitrogen and oxygen atoms in total. The van der Waals surface area contributed by atoms with Crippen molar-refractivity contribution in [3.8, 4) is 0 Å². The van der Waals surface area contributed by atoms with Crippen molar-refractivity contribution >= 4 is 103 Å². The molecule has 0 bridgehead atoms. The summed E-state index contributed by atoms with van der Waals surface area (Å²) < 4.78 is 15.5. The van der Waals surface area contributed by atoms with Gasteiger partial charge in [-0.1, -0.05) is 78.9 Å². The van der Waals surface area contributed by atoms with Gasteiger partial charge in [0.25, 0.3) is 0 Å². The van der Waals surface area contributed by atoms with Gasteiger partial charge in [0.05, 0.1) is 5.69 Å². The molecule has 10 aromatic rings. The molecule has 0 aliphatic heterocycles. The molecule has 0 atom stereocenters. The Morgan fingerprint density at radius 1 is 0.386 bits per heavy atom. The summed E-state index contributed by atoms with van der Waals surface area (Å²) in [5.41, 5.74) is 6.69. The van der Waals surface area contributed by atoms with Crippen molar-refractivity contribution in [1.82, 2.24) is 0 Å². The van der Waals surface area contributed by atoms with E-state index in [1.54, 1.807) is 0 Å². The summed E-state index contributed by atoms with van der Waals surface area (Å²) >= 11 is 1.84. The van der Waals surface area contributed by atoms with E-state index in [-0.39, 0.29) is 0 Å². The standard InChI is InChI=1S/C40H23NO2S/c1-2-12-30-26(9-1)33(23-37-40(30)31-13-4-7-15-35(31)43-37)41(24-18-20-39-32(21-24)29-11-5-8-16-38(29)44-39)25-17-19-28-27-10-3-6-14-34(27)42-36(28)22-25/h1-23H. The normalized spacial score (nSPS) is 12.1. The highest BCUT2D eigenvalue weighted by Crippen LogP contribution is 2.47. The monoisotopic (exact) mass is 581 g/mol. The topological polar surface area (TPSA) is 29.5 Å². The highest BCUT2D eigenvalue weighted by Gasteiger charge is 2.22. The van der Waals surface area contributed by atoms with Crippen molar-refractivity contribution in [3.63, 3.8) is 0 Å². The number of hydrogen-bond acceptors (Lipinski definition) is 4. The van der Waals surface area contributed by atoms with Crippen molar-refractivity contribution in [2.45, 2.75) is 0 Å². The molecule has 0 radical (unpaired) electrons. The Morgan fingerprint density at radius 2 is 0.977 bits per heavy atom. The van der Waals surface area contributed by atoms with E-state index in [0.717, 1.165) is 66.3 Å². The Balaban J connectivity index is 1.30. The third kappa shape index (κ3) is 3.37. The van der Waals surface area contributed by atoms with E-state index in [0.29, 0.717) is 0 Å². The van der Waals surface area contributed by atoms with Gasteiger partial charge in [-0.25, -0.2) is 0 Å². The zero-order valence-electron chi connectivity index (χ0n) is 23.5. The van der Waals surface area contributed by atoms with Crippen LogP contribution >= 0.6 is 11.3 Å². The van der Waals surface area contributed by atoms with Crippen LogP contribution in [0, 0.1) is 0 Å². The summed E-state index contributed by atoms with van der Waals surface area (Å²) in [5, 5.41) is 9.38. The number of nitrogens with zero attached hydrogens (tertiary/aromatic N) is 1. The molecule has 3 aromatic heterocycles. The summed E-state index contributed by atoms with van der Waals surface area (Å²) in [6, 6.07) is 49.4. The Morgan fingerprint density at radius 3 is 1.84 bits per heavy atom. The highest BCUT2D eigenvalue weighted by atomic mass is 32.1. The fourth-order valence-electron chi connectivity index (χ4n) is 6.89.